The number of hydrogen-bond donors (Lipinski definition) is 1. The fraction of sp³-hybridized carbons (Fsp3) is 0.273. The molecule has 5 heteroatoms. The minimum Gasteiger partial charge on any atom is -0.355 e. The van der Waals surface area contributed by atoms with E-state index >= 15 is 0 Å². The number of fused-ring (bicyclic) bond motifs is 1. The fourth-order valence-corrected chi connectivity index (χ4v) is 5.54. The molecule has 138 valence electrons. The summed E-state index contributed by atoms with van der Waals surface area (Å²) in [5.41, 5.74) is 5.47. The molecule has 3 aromatic rings. The summed E-state index contributed by atoms with van der Waals surface area (Å²) in [5, 5.41) is 1.13. The molecule has 27 heavy (non-hydrogen) atoms. The van der Waals surface area contributed by atoms with Crippen molar-refractivity contribution >= 4 is 26.5 Å². The van der Waals surface area contributed by atoms with Gasteiger partial charge in [-0.15, -0.1) is 0 Å². The number of nitrogens with zero attached hydrogens (tertiary/aromatic N) is 1. The molecule has 1 fully saturated rings. The summed E-state index contributed by atoms with van der Waals surface area (Å²) in [6.07, 6.45) is 6.53. The van der Waals surface area contributed by atoms with Gasteiger partial charge in [-0.05, 0) is 61.1 Å². The van der Waals surface area contributed by atoms with Crippen LogP contribution in [0.25, 0.3) is 27.7 Å². The first-order valence-corrected chi connectivity index (χ1v) is 11.0. The third-order valence-corrected chi connectivity index (χ3v) is 7.55. The zero-order valence-electron chi connectivity index (χ0n) is 15.1. The van der Waals surface area contributed by atoms with Gasteiger partial charge in [0.1, 0.15) is 0 Å². The number of rotatable bonds is 4. The maximum atomic E-state index is 12.9. The van der Waals surface area contributed by atoms with Crippen LogP contribution in [-0.2, 0) is 10.0 Å². The van der Waals surface area contributed by atoms with Gasteiger partial charge in [-0.2, -0.15) is 4.31 Å². The van der Waals surface area contributed by atoms with E-state index in [-0.39, 0.29) is 0 Å². The van der Waals surface area contributed by atoms with Crippen molar-refractivity contribution in [2.45, 2.75) is 30.6 Å². The highest BCUT2D eigenvalue weighted by molar-refractivity contribution is 7.89. The topological polar surface area (TPSA) is 53.2 Å². The van der Waals surface area contributed by atoms with Crippen LogP contribution in [0.4, 0.5) is 0 Å². The smallest absolute Gasteiger partial charge is 0.243 e. The van der Waals surface area contributed by atoms with Crippen molar-refractivity contribution in [3.63, 3.8) is 0 Å². The second-order valence-corrected chi connectivity index (χ2v) is 9.29. The normalized spacial score (nSPS) is 17.9. The third kappa shape index (κ3) is 2.82. The molecular formula is C22H22N2O2S. The first kappa shape index (κ1) is 16.8. The molecule has 1 N–H and O–H groups in total. The Morgan fingerprint density at radius 3 is 2.48 bits per heavy atom. The highest BCUT2D eigenvalue weighted by Gasteiger charge is 2.30. The van der Waals surface area contributed by atoms with Gasteiger partial charge in [-0.3, -0.25) is 0 Å². The molecule has 1 saturated heterocycles. The molecule has 2 aliphatic rings. The average molecular weight is 378 g/mol. The van der Waals surface area contributed by atoms with Gasteiger partial charge in [0.25, 0.3) is 0 Å². The quantitative estimate of drug-likeness (QED) is 0.709. The SMILES string of the molecule is O=S(=O)(c1ccc(C2=CCCC2)c(-c2cc3ccccc3[nH]2)c1)N1CCC1. The van der Waals surface area contributed by atoms with E-state index in [0.29, 0.717) is 18.0 Å². The second kappa shape index (κ2) is 6.36. The van der Waals surface area contributed by atoms with Crippen LogP contribution in [0.15, 0.2) is 59.5 Å². The number of aromatic nitrogens is 1. The van der Waals surface area contributed by atoms with Crippen LogP contribution in [0, 0.1) is 0 Å². The summed E-state index contributed by atoms with van der Waals surface area (Å²) < 4.78 is 27.4. The molecule has 0 unspecified atom stereocenters. The van der Waals surface area contributed by atoms with Crippen molar-refractivity contribution in [1.82, 2.24) is 9.29 Å². The number of H-pyrrole nitrogens is 1. The van der Waals surface area contributed by atoms with Gasteiger partial charge in [0.05, 0.1) is 4.90 Å². The van der Waals surface area contributed by atoms with Gasteiger partial charge in [0.2, 0.25) is 10.0 Å². The van der Waals surface area contributed by atoms with E-state index in [9.17, 15) is 8.42 Å². The van der Waals surface area contributed by atoms with E-state index in [0.717, 1.165) is 53.4 Å². The lowest BCUT2D eigenvalue weighted by Crippen LogP contribution is -2.41. The number of nitrogens with one attached hydrogen (secondary N) is 1. The van der Waals surface area contributed by atoms with E-state index in [1.54, 1.807) is 10.4 Å². The van der Waals surface area contributed by atoms with Crippen molar-refractivity contribution in [1.29, 1.82) is 0 Å². The van der Waals surface area contributed by atoms with Gasteiger partial charge in [-0.25, -0.2) is 8.42 Å². The fourth-order valence-electron chi connectivity index (χ4n) is 4.00. The van der Waals surface area contributed by atoms with Crippen LogP contribution in [0.5, 0.6) is 0 Å². The predicted octanol–water partition coefficient (Wildman–Crippen LogP) is 4.80. The van der Waals surface area contributed by atoms with E-state index < -0.39 is 10.0 Å². The number of sulfonamides is 1. The van der Waals surface area contributed by atoms with Crippen molar-refractivity contribution in [2.75, 3.05) is 13.1 Å². The monoisotopic (exact) mass is 378 g/mol. The molecular weight excluding hydrogens is 356 g/mol. The van der Waals surface area contributed by atoms with E-state index in [1.807, 2.05) is 30.3 Å². The average Bonchev–Trinajstić information content (AvgIpc) is 3.29. The van der Waals surface area contributed by atoms with Crippen molar-refractivity contribution in [3.05, 3.63) is 60.2 Å². The van der Waals surface area contributed by atoms with Gasteiger partial charge < -0.3 is 4.98 Å². The van der Waals surface area contributed by atoms with E-state index in [2.05, 4.69) is 23.2 Å². The molecule has 1 aromatic heterocycles. The van der Waals surface area contributed by atoms with Crippen LogP contribution in [0.2, 0.25) is 0 Å². The standard InChI is InChI=1S/C22H22N2O2S/c25-27(26,24-12-5-13-24)18-10-11-19(16-6-1-2-7-16)20(15-18)22-14-17-8-3-4-9-21(17)23-22/h3-4,6,8-11,14-15,23H,1-2,5,7,12-13H2. The molecule has 1 aliphatic heterocycles. The van der Waals surface area contributed by atoms with Gasteiger partial charge in [0.15, 0.2) is 0 Å². The highest BCUT2D eigenvalue weighted by Crippen LogP contribution is 2.37. The lowest BCUT2D eigenvalue weighted by atomic mass is 9.97. The molecule has 0 saturated carbocycles. The van der Waals surface area contributed by atoms with Crippen molar-refractivity contribution in [3.8, 4) is 11.3 Å². The second-order valence-electron chi connectivity index (χ2n) is 7.36. The molecule has 0 radical (unpaired) electrons. The van der Waals surface area contributed by atoms with E-state index in [1.165, 1.54) is 5.57 Å². The molecule has 0 spiro atoms. The Kier molecular flexibility index (Phi) is 3.95. The molecule has 2 aromatic carbocycles. The Morgan fingerprint density at radius 2 is 1.78 bits per heavy atom. The van der Waals surface area contributed by atoms with Crippen LogP contribution in [0.3, 0.4) is 0 Å². The number of aromatic amines is 1. The Morgan fingerprint density at radius 1 is 0.926 bits per heavy atom. The lowest BCUT2D eigenvalue weighted by Gasteiger charge is -2.30. The molecule has 0 bridgehead atoms. The summed E-state index contributed by atoms with van der Waals surface area (Å²) in [5.74, 6) is 0. The number of allylic oxidation sites excluding steroid dienone is 2. The van der Waals surface area contributed by atoms with Crippen LogP contribution in [-0.4, -0.2) is 30.8 Å². The molecule has 5 rings (SSSR count). The van der Waals surface area contributed by atoms with Crippen LogP contribution >= 0.6 is 0 Å². The molecule has 2 heterocycles. The van der Waals surface area contributed by atoms with Gasteiger partial charge >= 0.3 is 0 Å². The predicted molar refractivity (Wildman–Crippen MR) is 109 cm³/mol. The first-order chi connectivity index (χ1) is 13.1. The number of hydrogen-bond acceptors (Lipinski definition) is 2. The molecule has 0 amide bonds. The lowest BCUT2D eigenvalue weighted by molar-refractivity contribution is 0.309. The van der Waals surface area contributed by atoms with Crippen LogP contribution < -0.4 is 0 Å². The molecule has 1 aliphatic carbocycles. The molecule has 4 nitrogen and oxygen atoms in total. The van der Waals surface area contributed by atoms with Crippen molar-refractivity contribution in [2.24, 2.45) is 0 Å². The van der Waals surface area contributed by atoms with Gasteiger partial charge in [0, 0.05) is 35.2 Å². The maximum Gasteiger partial charge on any atom is 0.243 e. The minimum absolute atomic E-state index is 0.387. The summed E-state index contributed by atoms with van der Waals surface area (Å²) in [6.45, 7) is 1.24. The largest absolute Gasteiger partial charge is 0.355 e. The zero-order chi connectivity index (χ0) is 18.4. The zero-order valence-corrected chi connectivity index (χ0v) is 15.9. The number of para-hydroxylation sites is 1. The van der Waals surface area contributed by atoms with E-state index in [4.69, 9.17) is 0 Å². The molecule has 0 atom stereocenters. The summed E-state index contributed by atoms with van der Waals surface area (Å²) >= 11 is 0. The minimum atomic E-state index is -3.40. The summed E-state index contributed by atoms with van der Waals surface area (Å²) in [6, 6.07) is 15.9. The highest BCUT2D eigenvalue weighted by atomic mass is 32.2. The Labute approximate surface area is 159 Å². The summed E-state index contributed by atoms with van der Waals surface area (Å²) in [7, 11) is -3.40. The van der Waals surface area contributed by atoms with Crippen molar-refractivity contribution < 1.29 is 8.42 Å². The first-order valence-electron chi connectivity index (χ1n) is 9.55. The Bertz CT molecular complexity index is 1120. The van der Waals surface area contributed by atoms with Gasteiger partial charge in [-0.1, -0.05) is 30.3 Å². The Hall–Kier alpha value is -2.37. The van der Waals surface area contributed by atoms with Crippen LogP contribution in [0.1, 0.15) is 31.2 Å². The third-order valence-electron chi connectivity index (χ3n) is 5.65. The number of benzene rings is 2. The maximum absolute atomic E-state index is 12.9. The summed E-state index contributed by atoms with van der Waals surface area (Å²) in [4.78, 5) is 3.86. The Balaban J connectivity index is 1.69.